The number of carbonyl (C=O) groups is 3. The maximum atomic E-state index is 17.4. The number of Topliss-reactive ketones (excluding diaryl/α,β-unsaturated/α-hetero) is 2. The number of carboxylic acid groups (broad SMARTS) is 1. The highest BCUT2D eigenvalue weighted by Crippen LogP contribution is 2.76. The van der Waals surface area contributed by atoms with Gasteiger partial charge in [0.2, 0.25) is 0 Å². The monoisotopic (exact) mass is 468 g/mol. The van der Waals surface area contributed by atoms with E-state index in [9.17, 15) is 34.8 Å². The summed E-state index contributed by atoms with van der Waals surface area (Å²) in [5, 5.41) is 42.2. The van der Waals surface area contributed by atoms with Crippen molar-refractivity contribution in [1.82, 2.24) is 0 Å². The van der Waals surface area contributed by atoms with Gasteiger partial charge in [-0.2, -0.15) is 0 Å². The largest absolute Gasteiger partial charge is 0.481 e. The number of hydrogen-bond acceptors (Lipinski definition) is 6. The topological polar surface area (TPSA) is 132 Å². The van der Waals surface area contributed by atoms with Gasteiger partial charge in [-0.05, 0) is 55.3 Å². The van der Waals surface area contributed by atoms with Gasteiger partial charge in [0, 0.05) is 42.4 Å². The Bertz CT molecular complexity index is 873. The summed E-state index contributed by atoms with van der Waals surface area (Å²) in [5.41, 5.74) is -5.80. The number of halogens is 1. The fourth-order valence-corrected chi connectivity index (χ4v) is 9.32. The van der Waals surface area contributed by atoms with E-state index < -0.39 is 58.4 Å². The molecule has 0 spiro atoms. The van der Waals surface area contributed by atoms with Gasteiger partial charge in [0.1, 0.15) is 12.4 Å². The van der Waals surface area contributed by atoms with E-state index in [1.165, 1.54) is 0 Å². The Morgan fingerprint density at radius 2 is 1.79 bits per heavy atom. The number of aliphatic hydroxyl groups excluding tert-OH is 1. The van der Waals surface area contributed by atoms with Crippen molar-refractivity contribution in [2.45, 2.75) is 90.0 Å². The summed E-state index contributed by atoms with van der Waals surface area (Å²) in [6, 6.07) is 0. The van der Waals surface area contributed by atoms with Crippen LogP contribution in [0, 0.1) is 39.9 Å². The maximum Gasteiger partial charge on any atom is 0.303 e. The van der Waals surface area contributed by atoms with Crippen LogP contribution in [0.3, 0.4) is 0 Å². The summed E-state index contributed by atoms with van der Waals surface area (Å²) in [5.74, 6) is -5.96. The van der Waals surface area contributed by atoms with Crippen molar-refractivity contribution in [2.75, 3.05) is 6.61 Å². The fraction of sp³-hybridized carbons (Fsp3) is 0.880. The molecule has 0 heterocycles. The molecule has 0 aliphatic heterocycles. The van der Waals surface area contributed by atoms with Gasteiger partial charge in [-0.15, -0.1) is 0 Å². The molecule has 4 saturated carbocycles. The molecule has 0 saturated heterocycles. The standard InChI is InChI=1S/C25H37FO7/c1-14-10-18-17-5-4-15-11-16(28)6-8-21(15,2)25(17,26)24(32,33)13-22(18,3)23(14,19(29)12-27)9-7-20(30)31/h14-15,17-18,27,32-33H,4-13H2,1-3H3,(H,30,31)/t14-,15+,17-,18-,21-,22-,23+,25+/m0/s1. The van der Waals surface area contributed by atoms with Gasteiger partial charge in [0.15, 0.2) is 17.2 Å². The lowest BCUT2D eigenvalue weighted by molar-refractivity contribution is -0.366. The minimum absolute atomic E-state index is 0.0353. The molecule has 4 rings (SSSR count). The molecule has 0 aromatic rings. The second-order valence-corrected chi connectivity index (χ2v) is 11.9. The highest BCUT2D eigenvalue weighted by Gasteiger charge is 2.80. The van der Waals surface area contributed by atoms with Crippen LogP contribution >= 0.6 is 0 Å². The molecule has 0 radical (unpaired) electrons. The summed E-state index contributed by atoms with van der Waals surface area (Å²) in [6.45, 7) is 4.57. The molecule has 8 heteroatoms. The van der Waals surface area contributed by atoms with E-state index in [0.717, 1.165) is 0 Å². The van der Waals surface area contributed by atoms with Crippen LogP contribution in [-0.4, -0.2) is 56.0 Å². The number of fused-ring (bicyclic) bond motifs is 5. The van der Waals surface area contributed by atoms with Gasteiger partial charge in [-0.25, -0.2) is 4.39 Å². The molecule has 0 unspecified atom stereocenters. The molecular weight excluding hydrogens is 431 g/mol. The second kappa shape index (κ2) is 7.56. The number of carboxylic acids is 1. The Kier molecular flexibility index (Phi) is 5.66. The number of alkyl halides is 1. The Hall–Kier alpha value is -1.38. The fourth-order valence-electron chi connectivity index (χ4n) is 9.32. The van der Waals surface area contributed by atoms with Gasteiger partial charge in [0.05, 0.1) is 0 Å². The molecule has 4 aliphatic rings. The van der Waals surface area contributed by atoms with Crippen molar-refractivity contribution in [3.63, 3.8) is 0 Å². The highest BCUT2D eigenvalue weighted by atomic mass is 19.1. The summed E-state index contributed by atoms with van der Waals surface area (Å²) < 4.78 is 17.4. The third-order valence-corrected chi connectivity index (χ3v) is 10.8. The highest BCUT2D eigenvalue weighted by molar-refractivity contribution is 5.88. The van der Waals surface area contributed by atoms with Crippen molar-refractivity contribution in [2.24, 2.45) is 39.9 Å². The normalized spacial score (nSPS) is 48.5. The number of aliphatic hydroxyl groups is 3. The van der Waals surface area contributed by atoms with Crippen LogP contribution in [0.25, 0.3) is 0 Å². The summed E-state index contributed by atoms with van der Waals surface area (Å²) >= 11 is 0. The SMILES string of the molecule is C[C@H]1C[C@H]2[C@@H]3CC[C@@H]4CC(=O)CC[C@]4(C)[C@@]3(F)C(O)(O)C[C@]2(C)[C@@]1(CCC(=O)O)C(=O)CO. The zero-order valence-corrected chi connectivity index (χ0v) is 19.8. The smallest absolute Gasteiger partial charge is 0.303 e. The lowest BCUT2D eigenvalue weighted by atomic mass is 9.39. The molecule has 186 valence electrons. The Morgan fingerprint density at radius 1 is 1.12 bits per heavy atom. The van der Waals surface area contributed by atoms with E-state index in [0.29, 0.717) is 19.3 Å². The van der Waals surface area contributed by atoms with E-state index in [1.54, 1.807) is 13.8 Å². The molecular formula is C25H37FO7. The van der Waals surface area contributed by atoms with Crippen LogP contribution in [0.1, 0.15) is 78.6 Å². The number of aliphatic carboxylic acids is 1. The van der Waals surface area contributed by atoms with Gasteiger partial charge in [-0.3, -0.25) is 14.4 Å². The van der Waals surface area contributed by atoms with Crippen molar-refractivity contribution in [3.05, 3.63) is 0 Å². The van der Waals surface area contributed by atoms with Gasteiger partial charge >= 0.3 is 5.97 Å². The third-order valence-electron chi connectivity index (χ3n) is 10.8. The lowest BCUT2D eigenvalue weighted by Crippen LogP contribution is -2.75. The van der Waals surface area contributed by atoms with Crippen molar-refractivity contribution >= 4 is 17.5 Å². The zero-order chi connectivity index (χ0) is 24.6. The predicted octanol–water partition coefficient (Wildman–Crippen LogP) is 2.64. The quantitative estimate of drug-likeness (QED) is 0.456. The van der Waals surface area contributed by atoms with Crippen LogP contribution in [0.4, 0.5) is 4.39 Å². The number of ketones is 2. The molecule has 4 fully saturated rings. The molecule has 4 aliphatic carbocycles. The molecule has 7 nitrogen and oxygen atoms in total. The minimum atomic E-state index is -2.75. The van der Waals surface area contributed by atoms with Gasteiger partial charge in [0.25, 0.3) is 0 Å². The van der Waals surface area contributed by atoms with Gasteiger partial charge in [-0.1, -0.05) is 20.8 Å². The van der Waals surface area contributed by atoms with Crippen LogP contribution in [0.2, 0.25) is 0 Å². The van der Waals surface area contributed by atoms with E-state index in [2.05, 4.69) is 0 Å². The average molecular weight is 469 g/mol. The first-order valence-corrected chi connectivity index (χ1v) is 12.2. The van der Waals surface area contributed by atoms with Gasteiger partial charge < -0.3 is 20.4 Å². The molecule has 4 N–H and O–H groups in total. The molecule has 0 aromatic heterocycles. The Morgan fingerprint density at radius 3 is 2.39 bits per heavy atom. The average Bonchev–Trinajstić information content (AvgIpc) is 2.94. The van der Waals surface area contributed by atoms with E-state index in [-0.39, 0.29) is 55.6 Å². The lowest BCUT2D eigenvalue weighted by Gasteiger charge is -2.67. The predicted molar refractivity (Wildman–Crippen MR) is 116 cm³/mol. The van der Waals surface area contributed by atoms with Crippen LogP contribution < -0.4 is 0 Å². The third kappa shape index (κ3) is 2.92. The molecule has 0 aromatic carbocycles. The van der Waals surface area contributed by atoms with Crippen molar-refractivity contribution in [1.29, 1.82) is 0 Å². The molecule has 0 bridgehead atoms. The van der Waals surface area contributed by atoms with Crippen LogP contribution in [-0.2, 0) is 14.4 Å². The van der Waals surface area contributed by atoms with E-state index >= 15 is 4.39 Å². The molecule has 0 amide bonds. The summed E-state index contributed by atoms with van der Waals surface area (Å²) in [7, 11) is 0. The van der Waals surface area contributed by atoms with Crippen LogP contribution in [0.15, 0.2) is 0 Å². The summed E-state index contributed by atoms with van der Waals surface area (Å²) in [4.78, 5) is 36.8. The van der Waals surface area contributed by atoms with Crippen LogP contribution in [0.5, 0.6) is 0 Å². The zero-order valence-electron chi connectivity index (χ0n) is 19.8. The summed E-state index contributed by atoms with van der Waals surface area (Å²) in [6.07, 6.45) is 1.40. The van der Waals surface area contributed by atoms with Crippen molar-refractivity contribution < 1.29 is 39.2 Å². The first-order chi connectivity index (χ1) is 15.2. The maximum absolute atomic E-state index is 17.4. The number of carbonyl (C=O) groups excluding carboxylic acids is 2. The first-order valence-electron chi connectivity index (χ1n) is 12.2. The van der Waals surface area contributed by atoms with E-state index in [4.69, 9.17) is 0 Å². The number of rotatable bonds is 5. The Labute approximate surface area is 193 Å². The number of hydrogen-bond donors (Lipinski definition) is 4. The van der Waals surface area contributed by atoms with E-state index in [1.807, 2.05) is 6.92 Å². The van der Waals surface area contributed by atoms with Crippen molar-refractivity contribution in [3.8, 4) is 0 Å². The molecule has 8 atom stereocenters. The molecule has 33 heavy (non-hydrogen) atoms. The second-order valence-electron chi connectivity index (χ2n) is 11.9. The minimum Gasteiger partial charge on any atom is -0.481 e. The Balaban J connectivity index is 1.85. The first kappa shape index (κ1) is 24.7.